The number of nitrogens with zero attached hydrogens (tertiary/aromatic N) is 2. The number of hydrogen-bond acceptors (Lipinski definition) is 5. The monoisotopic (exact) mass is 366 g/mol. The summed E-state index contributed by atoms with van der Waals surface area (Å²) in [6, 6.07) is 15.0. The zero-order chi connectivity index (χ0) is 18.2. The highest BCUT2D eigenvalue weighted by Gasteiger charge is 2.08. The summed E-state index contributed by atoms with van der Waals surface area (Å²) in [5.41, 5.74) is 2.25. The van der Waals surface area contributed by atoms with Crippen molar-refractivity contribution < 1.29 is 4.79 Å². The number of aromatic amines is 1. The van der Waals surface area contributed by atoms with Crippen LogP contribution in [0.5, 0.6) is 0 Å². The highest BCUT2D eigenvalue weighted by atomic mass is 32.2. The minimum Gasteiger partial charge on any atom is -0.352 e. The van der Waals surface area contributed by atoms with Crippen LogP contribution in [0.25, 0.3) is 0 Å². The Morgan fingerprint density at radius 2 is 1.92 bits per heavy atom. The van der Waals surface area contributed by atoms with E-state index in [0.717, 1.165) is 11.1 Å². The summed E-state index contributed by atoms with van der Waals surface area (Å²) >= 11 is 1.43. The molecule has 0 spiro atoms. The van der Waals surface area contributed by atoms with E-state index in [9.17, 15) is 9.59 Å². The zero-order valence-electron chi connectivity index (χ0n) is 14.0. The maximum absolute atomic E-state index is 12.1. The van der Waals surface area contributed by atoms with Gasteiger partial charge in [-0.15, -0.1) is 0 Å². The van der Waals surface area contributed by atoms with Crippen molar-refractivity contribution >= 4 is 17.7 Å². The van der Waals surface area contributed by atoms with Crippen LogP contribution in [0, 0.1) is 0 Å². The van der Waals surface area contributed by atoms with E-state index >= 15 is 0 Å². The maximum atomic E-state index is 12.1. The molecule has 0 fully saturated rings. The van der Waals surface area contributed by atoms with E-state index in [4.69, 9.17) is 0 Å². The van der Waals surface area contributed by atoms with E-state index in [2.05, 4.69) is 20.3 Å². The summed E-state index contributed by atoms with van der Waals surface area (Å²) in [6.07, 6.45) is 3.44. The number of pyridine rings is 1. The van der Waals surface area contributed by atoms with Crippen molar-refractivity contribution in [3.63, 3.8) is 0 Å². The Morgan fingerprint density at radius 1 is 1.12 bits per heavy atom. The van der Waals surface area contributed by atoms with Crippen molar-refractivity contribution in [2.45, 2.75) is 23.9 Å². The fraction of sp³-hybridized carbons (Fsp3) is 0.158. The number of rotatable bonds is 7. The molecule has 0 aliphatic heterocycles. The third-order valence-corrected chi connectivity index (χ3v) is 4.49. The van der Waals surface area contributed by atoms with Crippen molar-refractivity contribution in [3.8, 4) is 0 Å². The lowest BCUT2D eigenvalue weighted by Crippen LogP contribution is -2.25. The first kappa shape index (κ1) is 17.9. The molecule has 2 aromatic heterocycles. The average molecular weight is 366 g/mol. The third-order valence-electron chi connectivity index (χ3n) is 3.55. The van der Waals surface area contributed by atoms with E-state index in [1.54, 1.807) is 12.4 Å². The number of hydrogen-bond donors (Lipinski definition) is 2. The van der Waals surface area contributed by atoms with Crippen LogP contribution in [0.4, 0.5) is 0 Å². The Morgan fingerprint density at radius 3 is 2.69 bits per heavy atom. The topological polar surface area (TPSA) is 87.7 Å². The molecule has 0 unspecified atom stereocenters. The molecule has 132 valence electrons. The molecular weight excluding hydrogens is 348 g/mol. The van der Waals surface area contributed by atoms with Gasteiger partial charge in [-0.25, -0.2) is 4.98 Å². The van der Waals surface area contributed by atoms with Gasteiger partial charge in [-0.05, 0) is 17.2 Å². The fourth-order valence-electron chi connectivity index (χ4n) is 2.30. The molecule has 0 bridgehead atoms. The summed E-state index contributed by atoms with van der Waals surface area (Å²) in [5.74, 6) is 0.506. The van der Waals surface area contributed by atoms with Gasteiger partial charge in [0.2, 0.25) is 5.91 Å². The lowest BCUT2D eigenvalue weighted by molar-refractivity contribution is -0.120. The highest BCUT2D eigenvalue weighted by molar-refractivity contribution is 7.98. The highest BCUT2D eigenvalue weighted by Crippen LogP contribution is 2.18. The van der Waals surface area contributed by atoms with Gasteiger partial charge in [0, 0.05) is 30.8 Å². The molecule has 3 rings (SSSR count). The van der Waals surface area contributed by atoms with Gasteiger partial charge in [0.05, 0.1) is 12.1 Å². The first-order valence-corrected chi connectivity index (χ1v) is 9.10. The van der Waals surface area contributed by atoms with Gasteiger partial charge in [-0.2, -0.15) is 0 Å². The summed E-state index contributed by atoms with van der Waals surface area (Å²) < 4.78 is 0. The van der Waals surface area contributed by atoms with Gasteiger partial charge in [-0.3, -0.25) is 14.6 Å². The van der Waals surface area contributed by atoms with Crippen LogP contribution < -0.4 is 10.9 Å². The molecule has 0 atom stereocenters. The molecule has 2 N–H and O–H groups in total. The predicted molar refractivity (Wildman–Crippen MR) is 101 cm³/mol. The lowest BCUT2D eigenvalue weighted by Gasteiger charge is -2.06. The number of benzene rings is 1. The van der Waals surface area contributed by atoms with E-state index in [0.29, 0.717) is 23.1 Å². The fourth-order valence-corrected chi connectivity index (χ4v) is 3.15. The molecule has 0 saturated heterocycles. The SMILES string of the molecule is O=C(Cc1cc(=O)[nH]c(SCc2ccccc2)n1)NCc1cccnc1. The second-order valence-corrected chi connectivity index (χ2v) is 6.59. The van der Waals surface area contributed by atoms with Crippen LogP contribution >= 0.6 is 11.8 Å². The largest absolute Gasteiger partial charge is 0.352 e. The molecule has 0 radical (unpaired) electrons. The van der Waals surface area contributed by atoms with Crippen LogP contribution in [-0.2, 0) is 23.5 Å². The summed E-state index contributed by atoms with van der Waals surface area (Å²) in [4.78, 5) is 35.0. The molecule has 0 aliphatic carbocycles. The first-order chi connectivity index (χ1) is 12.7. The molecule has 1 aromatic carbocycles. The zero-order valence-corrected chi connectivity index (χ0v) is 14.8. The van der Waals surface area contributed by atoms with Gasteiger partial charge >= 0.3 is 0 Å². The Balaban J connectivity index is 1.58. The van der Waals surface area contributed by atoms with E-state index in [1.165, 1.54) is 17.8 Å². The Bertz CT molecular complexity index is 914. The van der Waals surface area contributed by atoms with Gasteiger partial charge in [0.1, 0.15) is 0 Å². The van der Waals surface area contributed by atoms with Crippen molar-refractivity contribution in [3.05, 3.63) is 88.1 Å². The number of amides is 1. The second-order valence-electron chi connectivity index (χ2n) is 5.63. The van der Waals surface area contributed by atoms with Gasteiger partial charge in [0.15, 0.2) is 5.16 Å². The predicted octanol–water partition coefficient (Wildman–Crippen LogP) is 2.32. The van der Waals surface area contributed by atoms with E-state index in [-0.39, 0.29) is 17.9 Å². The standard InChI is InChI=1S/C19H18N4O2S/c24-17(21-12-15-7-4-8-20-11-15)9-16-10-18(25)23-19(22-16)26-13-14-5-2-1-3-6-14/h1-8,10-11H,9,12-13H2,(H,21,24)(H,22,23,25). The van der Waals surface area contributed by atoms with Gasteiger partial charge < -0.3 is 10.3 Å². The molecular formula is C19H18N4O2S. The Kier molecular flexibility index (Phi) is 6.16. The number of nitrogens with one attached hydrogen (secondary N) is 2. The van der Waals surface area contributed by atoms with Crippen molar-refractivity contribution in [1.29, 1.82) is 0 Å². The van der Waals surface area contributed by atoms with Crippen LogP contribution in [0.1, 0.15) is 16.8 Å². The van der Waals surface area contributed by atoms with Crippen molar-refractivity contribution in [2.75, 3.05) is 0 Å². The Labute approximate surface area is 155 Å². The van der Waals surface area contributed by atoms with E-state index in [1.807, 2.05) is 42.5 Å². The van der Waals surface area contributed by atoms with Gasteiger partial charge in [-0.1, -0.05) is 48.2 Å². The maximum Gasteiger partial charge on any atom is 0.251 e. The van der Waals surface area contributed by atoms with Crippen molar-refractivity contribution in [1.82, 2.24) is 20.3 Å². The quantitative estimate of drug-likeness (QED) is 0.495. The summed E-state index contributed by atoms with van der Waals surface area (Å²) in [5, 5.41) is 3.32. The lowest BCUT2D eigenvalue weighted by atomic mass is 10.2. The average Bonchev–Trinajstić information content (AvgIpc) is 2.66. The minimum absolute atomic E-state index is 0.0586. The van der Waals surface area contributed by atoms with Crippen LogP contribution in [-0.4, -0.2) is 20.9 Å². The minimum atomic E-state index is -0.259. The molecule has 6 nitrogen and oxygen atoms in total. The molecule has 3 aromatic rings. The Hall–Kier alpha value is -2.93. The number of carbonyl (C=O) groups excluding carboxylic acids is 1. The van der Waals surface area contributed by atoms with E-state index < -0.39 is 0 Å². The smallest absolute Gasteiger partial charge is 0.251 e. The van der Waals surface area contributed by atoms with Crippen LogP contribution in [0.3, 0.4) is 0 Å². The first-order valence-electron chi connectivity index (χ1n) is 8.11. The van der Waals surface area contributed by atoms with Crippen LogP contribution in [0.2, 0.25) is 0 Å². The molecule has 2 heterocycles. The number of aromatic nitrogens is 3. The molecule has 0 saturated carbocycles. The molecule has 0 aliphatic rings. The van der Waals surface area contributed by atoms with Crippen LogP contribution in [0.15, 0.2) is 70.9 Å². The second kappa shape index (κ2) is 8.96. The number of H-pyrrole nitrogens is 1. The molecule has 1 amide bonds. The normalized spacial score (nSPS) is 10.5. The molecule has 7 heteroatoms. The summed E-state index contributed by atoms with van der Waals surface area (Å²) in [6.45, 7) is 0.394. The summed E-state index contributed by atoms with van der Waals surface area (Å²) in [7, 11) is 0. The third kappa shape index (κ3) is 5.56. The number of carbonyl (C=O) groups is 1. The molecule has 26 heavy (non-hydrogen) atoms. The van der Waals surface area contributed by atoms with Crippen molar-refractivity contribution in [2.24, 2.45) is 0 Å². The number of thioether (sulfide) groups is 1. The van der Waals surface area contributed by atoms with Gasteiger partial charge in [0.25, 0.3) is 5.56 Å².